The summed E-state index contributed by atoms with van der Waals surface area (Å²) in [5.74, 6) is 1.39. The van der Waals surface area contributed by atoms with E-state index in [1.165, 1.54) is 12.7 Å². The molecule has 0 heterocycles. The van der Waals surface area contributed by atoms with E-state index in [2.05, 4.69) is 20.8 Å². The van der Waals surface area contributed by atoms with Crippen LogP contribution < -0.4 is 0 Å². The van der Waals surface area contributed by atoms with Gasteiger partial charge in [-0.3, -0.25) is 0 Å². The second-order valence-corrected chi connectivity index (χ2v) is 5.33. The molecule has 0 radical (unpaired) electrons. The van der Waals surface area contributed by atoms with Crippen LogP contribution in [0.5, 0.6) is 0 Å². The Morgan fingerprint density at radius 3 is 2.42 bits per heavy atom. The van der Waals surface area contributed by atoms with Gasteiger partial charge in [0.2, 0.25) is 0 Å². The van der Waals surface area contributed by atoms with Crippen molar-refractivity contribution in [3.8, 4) is 0 Å². The first-order valence-electron chi connectivity index (χ1n) is 4.99. The molecule has 2 aliphatic rings. The molecular weight excluding hydrogens is 148 g/mol. The van der Waals surface area contributed by atoms with Crippen LogP contribution in [0.15, 0.2) is 0 Å². The summed E-state index contributed by atoms with van der Waals surface area (Å²) in [6.45, 7) is 6.91. The van der Waals surface area contributed by atoms with Crippen LogP contribution in [0.2, 0.25) is 0 Å². The van der Waals surface area contributed by atoms with E-state index in [9.17, 15) is 4.79 Å². The minimum atomic E-state index is 0.0637. The molecule has 2 saturated carbocycles. The third-order valence-corrected chi connectivity index (χ3v) is 4.85. The highest BCUT2D eigenvalue weighted by atomic mass is 16.1. The van der Waals surface area contributed by atoms with Crippen molar-refractivity contribution >= 4 is 6.29 Å². The van der Waals surface area contributed by atoms with Crippen molar-refractivity contribution in [1.29, 1.82) is 0 Å². The highest BCUT2D eigenvalue weighted by Crippen LogP contribution is 2.64. The summed E-state index contributed by atoms with van der Waals surface area (Å²) in [4.78, 5) is 11.1. The van der Waals surface area contributed by atoms with E-state index in [-0.39, 0.29) is 5.41 Å². The van der Waals surface area contributed by atoms with Crippen molar-refractivity contribution in [1.82, 2.24) is 0 Å². The summed E-state index contributed by atoms with van der Waals surface area (Å²) in [5.41, 5.74) is 0.466. The summed E-state index contributed by atoms with van der Waals surface area (Å²) in [6, 6.07) is 0. The lowest BCUT2D eigenvalue weighted by Gasteiger charge is -2.39. The first kappa shape index (κ1) is 8.28. The fourth-order valence-corrected chi connectivity index (χ4v) is 3.44. The van der Waals surface area contributed by atoms with Crippen LogP contribution in [0, 0.1) is 22.7 Å². The minimum absolute atomic E-state index is 0.0637. The number of fused-ring (bicyclic) bond motifs is 2. The van der Waals surface area contributed by atoms with Gasteiger partial charge in [0, 0.05) is 5.41 Å². The molecule has 12 heavy (non-hydrogen) atoms. The van der Waals surface area contributed by atoms with E-state index in [1.807, 2.05) is 0 Å². The largest absolute Gasteiger partial charge is 0.303 e. The molecule has 0 aromatic heterocycles. The van der Waals surface area contributed by atoms with Gasteiger partial charge in [0.25, 0.3) is 0 Å². The van der Waals surface area contributed by atoms with Crippen LogP contribution in [0.3, 0.4) is 0 Å². The average molecular weight is 166 g/mol. The molecular formula is C11H18O. The molecule has 0 aliphatic heterocycles. The van der Waals surface area contributed by atoms with Gasteiger partial charge in [0.15, 0.2) is 0 Å². The molecule has 1 nitrogen and oxygen atoms in total. The zero-order chi connectivity index (χ0) is 8.98. The maximum Gasteiger partial charge on any atom is 0.126 e. The standard InChI is InChI=1S/C11H18O/c1-8-10(2,3)9-4-5-11(8,6-9)7-12/h7-9H,4-6H2,1-3H3/t8-,9+,11+/m1/s1. The molecule has 0 aromatic carbocycles. The number of hydrogen-bond donors (Lipinski definition) is 0. The van der Waals surface area contributed by atoms with E-state index in [1.54, 1.807) is 0 Å². The van der Waals surface area contributed by atoms with Gasteiger partial charge in [-0.1, -0.05) is 20.8 Å². The molecule has 0 amide bonds. The van der Waals surface area contributed by atoms with Crippen molar-refractivity contribution in [2.24, 2.45) is 22.7 Å². The zero-order valence-corrected chi connectivity index (χ0v) is 8.26. The van der Waals surface area contributed by atoms with Crippen LogP contribution in [-0.4, -0.2) is 6.29 Å². The van der Waals surface area contributed by atoms with Crippen LogP contribution in [0.1, 0.15) is 40.0 Å². The molecule has 0 spiro atoms. The van der Waals surface area contributed by atoms with Crippen LogP contribution >= 0.6 is 0 Å². The first-order chi connectivity index (χ1) is 5.53. The van der Waals surface area contributed by atoms with Crippen molar-refractivity contribution < 1.29 is 4.79 Å². The third-order valence-electron chi connectivity index (χ3n) is 4.85. The van der Waals surface area contributed by atoms with Crippen molar-refractivity contribution in [3.63, 3.8) is 0 Å². The number of rotatable bonds is 1. The predicted octanol–water partition coefficient (Wildman–Crippen LogP) is 2.65. The van der Waals surface area contributed by atoms with Gasteiger partial charge in [-0.2, -0.15) is 0 Å². The fraction of sp³-hybridized carbons (Fsp3) is 0.909. The molecule has 68 valence electrons. The Hall–Kier alpha value is -0.330. The maximum atomic E-state index is 11.1. The van der Waals surface area contributed by atoms with Gasteiger partial charge in [-0.15, -0.1) is 0 Å². The van der Waals surface area contributed by atoms with E-state index < -0.39 is 0 Å². The second-order valence-electron chi connectivity index (χ2n) is 5.33. The van der Waals surface area contributed by atoms with Gasteiger partial charge in [-0.05, 0) is 36.5 Å². The van der Waals surface area contributed by atoms with Gasteiger partial charge in [0.05, 0.1) is 0 Å². The van der Waals surface area contributed by atoms with E-state index in [4.69, 9.17) is 0 Å². The quantitative estimate of drug-likeness (QED) is 0.547. The number of carbonyl (C=O) groups excluding carboxylic acids is 1. The molecule has 2 aliphatic carbocycles. The lowest BCUT2D eigenvalue weighted by atomic mass is 9.65. The Kier molecular flexibility index (Phi) is 1.47. The zero-order valence-electron chi connectivity index (χ0n) is 8.26. The second kappa shape index (κ2) is 2.12. The molecule has 0 saturated heterocycles. The molecule has 0 aromatic rings. The van der Waals surface area contributed by atoms with Gasteiger partial charge >= 0.3 is 0 Å². The average Bonchev–Trinajstić information content (AvgIpc) is 2.53. The Labute approximate surface area is 74.5 Å². The molecule has 2 rings (SSSR count). The van der Waals surface area contributed by atoms with Crippen LogP contribution in [0.4, 0.5) is 0 Å². The number of carbonyl (C=O) groups is 1. The Morgan fingerprint density at radius 1 is 1.42 bits per heavy atom. The summed E-state index contributed by atoms with van der Waals surface area (Å²) in [7, 11) is 0. The molecule has 2 fully saturated rings. The number of hydrogen-bond acceptors (Lipinski definition) is 1. The highest BCUT2D eigenvalue weighted by molar-refractivity contribution is 5.62. The lowest BCUT2D eigenvalue weighted by molar-refractivity contribution is -0.119. The minimum Gasteiger partial charge on any atom is -0.303 e. The first-order valence-corrected chi connectivity index (χ1v) is 4.99. The van der Waals surface area contributed by atoms with Crippen molar-refractivity contribution in [2.75, 3.05) is 0 Å². The Morgan fingerprint density at radius 2 is 2.08 bits per heavy atom. The SMILES string of the molecule is C[C@@H]1C(C)(C)[C@H]2CC[C@@]1(C=O)C2. The van der Waals surface area contributed by atoms with Crippen LogP contribution in [-0.2, 0) is 4.79 Å². The summed E-state index contributed by atoms with van der Waals surface area (Å²) in [6.07, 6.45) is 4.82. The van der Waals surface area contributed by atoms with E-state index in [0.717, 1.165) is 18.8 Å². The molecule has 1 heteroatoms. The Bertz CT molecular complexity index is 219. The van der Waals surface area contributed by atoms with Gasteiger partial charge < -0.3 is 4.79 Å². The van der Waals surface area contributed by atoms with Gasteiger partial charge in [-0.25, -0.2) is 0 Å². The van der Waals surface area contributed by atoms with Crippen LogP contribution in [0.25, 0.3) is 0 Å². The molecule has 3 atom stereocenters. The monoisotopic (exact) mass is 166 g/mol. The van der Waals surface area contributed by atoms with E-state index in [0.29, 0.717) is 11.3 Å². The van der Waals surface area contributed by atoms with Crippen molar-refractivity contribution in [2.45, 2.75) is 40.0 Å². The predicted molar refractivity (Wildman–Crippen MR) is 48.8 cm³/mol. The third kappa shape index (κ3) is 0.725. The molecule has 0 N–H and O–H groups in total. The summed E-state index contributed by atoms with van der Waals surface area (Å²) < 4.78 is 0. The summed E-state index contributed by atoms with van der Waals surface area (Å²) >= 11 is 0. The number of aldehydes is 1. The summed E-state index contributed by atoms with van der Waals surface area (Å²) in [5, 5.41) is 0. The topological polar surface area (TPSA) is 17.1 Å². The smallest absolute Gasteiger partial charge is 0.126 e. The lowest BCUT2D eigenvalue weighted by Crippen LogP contribution is -2.35. The molecule has 2 bridgehead atoms. The van der Waals surface area contributed by atoms with Crippen molar-refractivity contribution in [3.05, 3.63) is 0 Å². The van der Waals surface area contributed by atoms with E-state index >= 15 is 0 Å². The normalized spacial score (nSPS) is 49.6. The maximum absolute atomic E-state index is 11.1. The van der Waals surface area contributed by atoms with Gasteiger partial charge in [0.1, 0.15) is 6.29 Å². The fourth-order valence-electron chi connectivity index (χ4n) is 3.44. The molecule has 0 unspecified atom stereocenters. The Balaban J connectivity index is 2.37. The highest BCUT2D eigenvalue weighted by Gasteiger charge is 2.59.